The monoisotopic (exact) mass is 355 g/mol. The molecule has 0 aromatic heterocycles. The number of rotatable bonds is 5. The summed E-state index contributed by atoms with van der Waals surface area (Å²) in [5.74, 6) is 0.450. The van der Waals surface area contributed by atoms with Gasteiger partial charge in [0.25, 0.3) is 5.91 Å². The third kappa shape index (κ3) is 4.33. The molecule has 6 nitrogen and oxygen atoms in total. The molecular formula is C20H21NO5. The summed E-state index contributed by atoms with van der Waals surface area (Å²) in [6.07, 6.45) is -0.288. The molecule has 1 heterocycles. The highest BCUT2D eigenvalue weighted by atomic mass is 16.6. The Bertz CT molecular complexity index is 818. The molecule has 1 unspecified atom stereocenters. The molecule has 2 aromatic rings. The lowest BCUT2D eigenvalue weighted by molar-refractivity contribution is -0.124. The number of nitrogens with one attached hydrogen (secondary N) is 1. The van der Waals surface area contributed by atoms with Gasteiger partial charge >= 0.3 is 5.97 Å². The van der Waals surface area contributed by atoms with E-state index in [2.05, 4.69) is 5.32 Å². The van der Waals surface area contributed by atoms with E-state index in [4.69, 9.17) is 14.2 Å². The Hall–Kier alpha value is -3.02. The molecule has 136 valence electrons. The standard InChI is InChI=1S/C20H21NO5/c1-13-7-8-16(14(2)9-13)20(23)25-12-19(22)21-10-15-11-24-17-5-3-4-6-18(17)26-15/h3-9,15H,10-12H2,1-2H3,(H,21,22). The molecule has 1 N–H and O–H groups in total. The largest absolute Gasteiger partial charge is 0.486 e. The normalized spacial score (nSPS) is 15.2. The maximum Gasteiger partial charge on any atom is 0.338 e. The zero-order chi connectivity index (χ0) is 18.5. The smallest absolute Gasteiger partial charge is 0.338 e. The summed E-state index contributed by atoms with van der Waals surface area (Å²) in [6.45, 7) is 4.07. The average Bonchev–Trinajstić information content (AvgIpc) is 2.64. The molecular weight excluding hydrogens is 334 g/mol. The van der Waals surface area contributed by atoms with Gasteiger partial charge in [0, 0.05) is 0 Å². The van der Waals surface area contributed by atoms with Crippen LogP contribution in [-0.4, -0.2) is 37.7 Å². The minimum atomic E-state index is -0.510. The highest BCUT2D eigenvalue weighted by Gasteiger charge is 2.21. The van der Waals surface area contributed by atoms with Crippen LogP contribution in [0, 0.1) is 13.8 Å². The molecule has 0 spiro atoms. The van der Waals surface area contributed by atoms with Crippen LogP contribution in [0.5, 0.6) is 11.5 Å². The molecule has 0 radical (unpaired) electrons. The van der Waals surface area contributed by atoms with E-state index in [0.29, 0.717) is 23.7 Å². The molecule has 2 aromatic carbocycles. The summed E-state index contributed by atoms with van der Waals surface area (Å²) in [7, 11) is 0. The van der Waals surface area contributed by atoms with Crippen LogP contribution in [0.15, 0.2) is 42.5 Å². The number of esters is 1. The molecule has 0 saturated heterocycles. The fourth-order valence-electron chi connectivity index (χ4n) is 2.69. The first-order valence-electron chi connectivity index (χ1n) is 8.42. The van der Waals surface area contributed by atoms with Crippen LogP contribution in [0.4, 0.5) is 0 Å². The van der Waals surface area contributed by atoms with Crippen molar-refractivity contribution in [1.29, 1.82) is 0 Å². The third-order valence-corrected chi connectivity index (χ3v) is 4.03. The van der Waals surface area contributed by atoms with Gasteiger partial charge in [-0.2, -0.15) is 0 Å². The van der Waals surface area contributed by atoms with Gasteiger partial charge < -0.3 is 19.5 Å². The topological polar surface area (TPSA) is 73.9 Å². The average molecular weight is 355 g/mol. The Morgan fingerprint density at radius 1 is 1.15 bits per heavy atom. The lowest BCUT2D eigenvalue weighted by Gasteiger charge is -2.26. The highest BCUT2D eigenvalue weighted by Crippen LogP contribution is 2.30. The van der Waals surface area contributed by atoms with Gasteiger partial charge in [-0.05, 0) is 37.6 Å². The van der Waals surface area contributed by atoms with E-state index < -0.39 is 5.97 Å². The van der Waals surface area contributed by atoms with E-state index in [1.54, 1.807) is 6.07 Å². The van der Waals surface area contributed by atoms with Gasteiger partial charge in [0.15, 0.2) is 18.1 Å². The summed E-state index contributed by atoms with van der Waals surface area (Å²) >= 11 is 0. The first-order chi connectivity index (χ1) is 12.5. The molecule has 1 amide bonds. The quantitative estimate of drug-likeness (QED) is 0.834. The number of carbonyl (C=O) groups is 2. The lowest BCUT2D eigenvalue weighted by Crippen LogP contribution is -2.42. The van der Waals surface area contributed by atoms with Gasteiger partial charge in [-0.1, -0.05) is 29.8 Å². The van der Waals surface area contributed by atoms with Crippen LogP contribution in [0.25, 0.3) is 0 Å². The van der Waals surface area contributed by atoms with Crippen molar-refractivity contribution in [3.05, 3.63) is 59.2 Å². The number of amides is 1. The van der Waals surface area contributed by atoms with Gasteiger partial charge in [0.1, 0.15) is 12.7 Å². The van der Waals surface area contributed by atoms with Crippen molar-refractivity contribution in [3.63, 3.8) is 0 Å². The number of ether oxygens (including phenoxy) is 3. The second-order valence-electron chi connectivity index (χ2n) is 6.20. The van der Waals surface area contributed by atoms with Crippen molar-refractivity contribution in [1.82, 2.24) is 5.32 Å². The molecule has 1 aliphatic rings. The van der Waals surface area contributed by atoms with E-state index in [9.17, 15) is 9.59 Å². The van der Waals surface area contributed by atoms with Crippen LogP contribution in [0.2, 0.25) is 0 Å². The number of para-hydroxylation sites is 2. The highest BCUT2D eigenvalue weighted by molar-refractivity contribution is 5.92. The van der Waals surface area contributed by atoms with E-state index in [1.165, 1.54) is 0 Å². The minimum Gasteiger partial charge on any atom is -0.486 e. The predicted molar refractivity (Wildman–Crippen MR) is 95.6 cm³/mol. The molecule has 1 atom stereocenters. The van der Waals surface area contributed by atoms with Gasteiger partial charge in [-0.3, -0.25) is 4.79 Å². The second kappa shape index (κ2) is 7.91. The Labute approximate surface area is 152 Å². The van der Waals surface area contributed by atoms with Crippen LogP contribution in [0.1, 0.15) is 21.5 Å². The first kappa shape index (κ1) is 17.8. The maximum absolute atomic E-state index is 12.1. The third-order valence-electron chi connectivity index (χ3n) is 4.03. The summed E-state index contributed by atoms with van der Waals surface area (Å²) < 4.78 is 16.4. The number of aryl methyl sites for hydroxylation is 2. The molecule has 6 heteroatoms. The molecule has 0 fully saturated rings. The Kier molecular flexibility index (Phi) is 5.41. The number of fused-ring (bicyclic) bond motifs is 1. The molecule has 1 aliphatic heterocycles. The summed E-state index contributed by atoms with van der Waals surface area (Å²) in [6, 6.07) is 12.8. The molecule has 0 saturated carbocycles. The predicted octanol–water partition coefficient (Wildman–Crippen LogP) is 2.42. The summed E-state index contributed by atoms with van der Waals surface area (Å²) in [5, 5.41) is 2.69. The van der Waals surface area contributed by atoms with Crippen molar-refractivity contribution >= 4 is 11.9 Å². The molecule has 0 aliphatic carbocycles. The van der Waals surface area contributed by atoms with E-state index in [1.807, 2.05) is 50.2 Å². The first-order valence-corrected chi connectivity index (χ1v) is 8.42. The van der Waals surface area contributed by atoms with Gasteiger partial charge in [0.2, 0.25) is 0 Å². The molecule has 26 heavy (non-hydrogen) atoms. The van der Waals surface area contributed by atoms with Crippen molar-refractivity contribution in [2.75, 3.05) is 19.8 Å². The fraction of sp³-hybridized carbons (Fsp3) is 0.300. The van der Waals surface area contributed by atoms with Crippen LogP contribution in [-0.2, 0) is 9.53 Å². The van der Waals surface area contributed by atoms with Gasteiger partial charge in [0.05, 0.1) is 12.1 Å². The molecule has 3 rings (SSSR count). The van der Waals surface area contributed by atoms with Crippen LogP contribution in [0.3, 0.4) is 0 Å². The number of hydrogen-bond donors (Lipinski definition) is 1. The van der Waals surface area contributed by atoms with Crippen LogP contribution >= 0.6 is 0 Å². The van der Waals surface area contributed by atoms with E-state index >= 15 is 0 Å². The van der Waals surface area contributed by atoms with Crippen molar-refractivity contribution in [3.8, 4) is 11.5 Å². The SMILES string of the molecule is Cc1ccc(C(=O)OCC(=O)NCC2COc3ccccc3O2)c(C)c1. The zero-order valence-electron chi connectivity index (χ0n) is 14.8. The second-order valence-corrected chi connectivity index (χ2v) is 6.20. The number of benzene rings is 2. The Morgan fingerprint density at radius 3 is 2.69 bits per heavy atom. The van der Waals surface area contributed by atoms with Crippen molar-refractivity contribution in [2.45, 2.75) is 20.0 Å². The number of hydrogen-bond acceptors (Lipinski definition) is 5. The fourth-order valence-corrected chi connectivity index (χ4v) is 2.69. The van der Waals surface area contributed by atoms with Crippen molar-refractivity contribution in [2.24, 2.45) is 0 Å². The van der Waals surface area contributed by atoms with Crippen molar-refractivity contribution < 1.29 is 23.8 Å². The van der Waals surface area contributed by atoms with Gasteiger partial charge in [-0.15, -0.1) is 0 Å². The van der Waals surface area contributed by atoms with Crippen LogP contribution < -0.4 is 14.8 Å². The van der Waals surface area contributed by atoms with E-state index in [-0.39, 0.29) is 25.2 Å². The summed E-state index contributed by atoms with van der Waals surface area (Å²) in [4.78, 5) is 24.0. The van der Waals surface area contributed by atoms with Gasteiger partial charge in [-0.25, -0.2) is 4.79 Å². The number of carbonyl (C=O) groups excluding carboxylic acids is 2. The Morgan fingerprint density at radius 2 is 1.92 bits per heavy atom. The summed E-state index contributed by atoms with van der Waals surface area (Å²) in [5.41, 5.74) is 2.35. The zero-order valence-corrected chi connectivity index (χ0v) is 14.8. The lowest BCUT2D eigenvalue weighted by atomic mass is 10.1. The minimum absolute atomic E-state index is 0.272. The van der Waals surface area contributed by atoms with E-state index in [0.717, 1.165) is 11.1 Å². The molecule has 0 bridgehead atoms. The Balaban J connectivity index is 1.44. The maximum atomic E-state index is 12.1.